The molecule has 3 aliphatic heterocycles. The van der Waals surface area contributed by atoms with Gasteiger partial charge in [0.05, 0.1) is 31.1 Å². The summed E-state index contributed by atoms with van der Waals surface area (Å²) in [6, 6.07) is 4.47. The van der Waals surface area contributed by atoms with Crippen LogP contribution in [-0.2, 0) is 19.6 Å². The molecule has 1 aromatic carbocycles. The summed E-state index contributed by atoms with van der Waals surface area (Å²) in [5.41, 5.74) is 0.714. The Labute approximate surface area is 179 Å². The summed E-state index contributed by atoms with van der Waals surface area (Å²) in [6.07, 6.45) is -0.235. The van der Waals surface area contributed by atoms with E-state index < -0.39 is 39.0 Å². The van der Waals surface area contributed by atoms with Crippen molar-refractivity contribution in [3.63, 3.8) is 0 Å². The number of halogens is 1. The Kier molecular flexibility index (Phi) is 5.66. The summed E-state index contributed by atoms with van der Waals surface area (Å²) in [5.74, 6) is -0.780. The van der Waals surface area contributed by atoms with E-state index in [2.05, 4.69) is 0 Å². The lowest BCUT2D eigenvalue weighted by molar-refractivity contribution is -0.768. The van der Waals surface area contributed by atoms with Gasteiger partial charge in [0.25, 0.3) is 0 Å². The van der Waals surface area contributed by atoms with Gasteiger partial charge in [-0.1, -0.05) is 0 Å². The Bertz CT molecular complexity index is 991. The van der Waals surface area contributed by atoms with Crippen LogP contribution in [-0.4, -0.2) is 76.4 Å². The molecular weight excluding hydrogens is 431 g/mol. The van der Waals surface area contributed by atoms with Gasteiger partial charge in [0.2, 0.25) is 10.0 Å². The minimum Gasteiger partial charge on any atom is -0.627 e. The maximum Gasteiger partial charge on any atom is 0.414 e. The van der Waals surface area contributed by atoms with Crippen LogP contribution in [0.1, 0.15) is 6.92 Å². The molecule has 0 radical (unpaired) electrons. The highest BCUT2D eigenvalue weighted by Crippen LogP contribution is 2.37. The monoisotopic (exact) mass is 456 g/mol. The Hall–Kier alpha value is -2.28. The number of nitrogens with zero attached hydrogens (tertiary/aromatic N) is 3. The molecule has 0 bridgehead atoms. The van der Waals surface area contributed by atoms with Crippen LogP contribution in [0, 0.1) is 22.9 Å². The van der Waals surface area contributed by atoms with Crippen molar-refractivity contribution in [2.75, 3.05) is 55.3 Å². The largest absolute Gasteiger partial charge is 0.627 e. The number of benzene rings is 1. The first-order valence-electron chi connectivity index (χ1n) is 10.0. The van der Waals surface area contributed by atoms with Crippen molar-refractivity contribution < 1.29 is 32.2 Å². The highest BCUT2D eigenvalue weighted by atomic mass is 32.2. The van der Waals surface area contributed by atoms with Crippen molar-refractivity contribution in [3.05, 3.63) is 29.2 Å². The van der Waals surface area contributed by atoms with Crippen LogP contribution in [0.15, 0.2) is 18.2 Å². The number of hydrogen-bond acceptors (Lipinski definition) is 7. The second-order valence-electron chi connectivity index (χ2n) is 8.44. The van der Waals surface area contributed by atoms with E-state index in [1.807, 2.05) is 4.90 Å². The molecule has 12 heteroatoms. The van der Waals surface area contributed by atoms with Crippen LogP contribution >= 0.6 is 0 Å². The minimum absolute atomic E-state index is 0.0613. The first-order valence-corrected chi connectivity index (χ1v) is 11.9. The van der Waals surface area contributed by atoms with Crippen molar-refractivity contribution in [1.29, 1.82) is 0 Å². The number of amides is 2. The van der Waals surface area contributed by atoms with Crippen LogP contribution in [0.3, 0.4) is 0 Å². The smallest absolute Gasteiger partial charge is 0.414 e. The summed E-state index contributed by atoms with van der Waals surface area (Å²) in [4.78, 5) is 26.4. The van der Waals surface area contributed by atoms with Crippen molar-refractivity contribution in [2.24, 2.45) is 11.8 Å². The number of cyclic esters (lactones) is 1. The van der Waals surface area contributed by atoms with Gasteiger partial charge >= 0.3 is 12.0 Å². The summed E-state index contributed by atoms with van der Waals surface area (Å²) >= 11 is 0. The number of rotatable bonds is 5. The molecule has 3 fully saturated rings. The van der Waals surface area contributed by atoms with E-state index in [0.29, 0.717) is 37.6 Å². The molecule has 0 saturated carbocycles. The maximum atomic E-state index is 14.9. The summed E-state index contributed by atoms with van der Waals surface area (Å²) < 4.78 is 45.0. The molecule has 0 spiro atoms. The fourth-order valence-corrected chi connectivity index (χ4v) is 5.45. The third kappa shape index (κ3) is 4.38. The van der Waals surface area contributed by atoms with E-state index in [4.69, 9.17) is 4.74 Å². The molecular formula is C19H25FN4O6S. The van der Waals surface area contributed by atoms with Gasteiger partial charge in [-0.25, -0.2) is 26.7 Å². The molecule has 1 unspecified atom stereocenters. The third-order valence-electron chi connectivity index (χ3n) is 6.19. The number of ether oxygens (including phenoxy) is 1. The Morgan fingerprint density at radius 3 is 2.42 bits per heavy atom. The lowest BCUT2D eigenvalue weighted by Gasteiger charge is -2.23. The van der Waals surface area contributed by atoms with Crippen LogP contribution in [0.5, 0.6) is 0 Å². The molecule has 10 nitrogen and oxygen atoms in total. The predicted octanol–water partition coefficient (Wildman–Crippen LogP) is -0.592. The minimum atomic E-state index is -3.22. The molecule has 3 heterocycles. The molecule has 1 N–H and O–H groups in total. The second-order valence-corrected chi connectivity index (χ2v) is 10.4. The summed E-state index contributed by atoms with van der Waals surface area (Å²) in [6.45, 7) is 3.04. The first-order chi connectivity index (χ1) is 14.5. The first kappa shape index (κ1) is 21.9. The van der Waals surface area contributed by atoms with E-state index in [9.17, 15) is 27.6 Å². The lowest BCUT2D eigenvalue weighted by Crippen LogP contribution is -3.10. The van der Waals surface area contributed by atoms with Gasteiger partial charge in [-0.05, 0) is 30.0 Å². The van der Waals surface area contributed by atoms with E-state index in [1.54, 1.807) is 12.1 Å². The molecule has 2 amide bonds. The normalized spacial score (nSPS) is 27.5. The second kappa shape index (κ2) is 8.01. The zero-order chi connectivity index (χ0) is 22.5. The van der Waals surface area contributed by atoms with Gasteiger partial charge in [0.1, 0.15) is 12.4 Å². The molecule has 3 aliphatic rings. The number of nitrogens with one attached hydrogen (secondary N) is 1. The zero-order valence-corrected chi connectivity index (χ0v) is 18.1. The van der Waals surface area contributed by atoms with Gasteiger partial charge < -0.3 is 19.9 Å². The Balaban J connectivity index is 1.42. The van der Waals surface area contributed by atoms with E-state index in [-0.39, 0.29) is 24.9 Å². The highest BCUT2D eigenvalue weighted by molar-refractivity contribution is 7.88. The Morgan fingerprint density at radius 2 is 1.87 bits per heavy atom. The molecule has 0 aromatic heterocycles. The van der Waals surface area contributed by atoms with Crippen molar-refractivity contribution >= 4 is 33.4 Å². The predicted molar refractivity (Wildman–Crippen MR) is 110 cm³/mol. The molecule has 170 valence electrons. The van der Waals surface area contributed by atoms with Crippen molar-refractivity contribution in [2.45, 2.75) is 13.0 Å². The van der Waals surface area contributed by atoms with Gasteiger partial charge in [0.15, 0.2) is 6.10 Å². The summed E-state index contributed by atoms with van der Waals surface area (Å²) in [5, 5.41) is 11.0. The molecule has 1 aromatic rings. The zero-order valence-electron chi connectivity index (χ0n) is 17.3. The third-order valence-corrected chi connectivity index (χ3v) is 7.42. The topological polar surface area (TPSA) is 115 Å². The molecule has 3 saturated heterocycles. The number of carbonyl (C=O) groups is 2. The lowest BCUT2D eigenvalue weighted by atomic mass is 10.0. The van der Waals surface area contributed by atoms with Crippen molar-refractivity contribution in [1.82, 2.24) is 4.31 Å². The van der Waals surface area contributed by atoms with E-state index in [1.165, 1.54) is 21.5 Å². The van der Waals surface area contributed by atoms with Crippen molar-refractivity contribution in [3.8, 4) is 0 Å². The number of hydrogen-bond donors (Lipinski definition) is 1. The van der Waals surface area contributed by atoms with Gasteiger partial charge in [-0.15, -0.1) is 0 Å². The number of fused-ring (bicyclic) bond motifs is 1. The van der Waals surface area contributed by atoms with E-state index in [0.717, 1.165) is 6.92 Å². The van der Waals surface area contributed by atoms with Crippen LogP contribution < -0.4 is 14.9 Å². The number of sulfonamides is 1. The Morgan fingerprint density at radius 1 is 1.23 bits per heavy atom. The van der Waals surface area contributed by atoms with Gasteiger partial charge in [0, 0.05) is 26.2 Å². The summed E-state index contributed by atoms with van der Waals surface area (Å²) in [7, 11) is -3.22. The fourth-order valence-electron chi connectivity index (χ4n) is 4.53. The molecule has 4 rings (SSSR count). The van der Waals surface area contributed by atoms with E-state index >= 15 is 0 Å². The number of anilines is 2. The highest BCUT2D eigenvalue weighted by Gasteiger charge is 2.43. The average Bonchev–Trinajstić information content (AvgIpc) is 3.34. The number of quaternary nitrogens is 1. The van der Waals surface area contributed by atoms with Gasteiger partial charge in [-0.3, -0.25) is 4.90 Å². The number of carbonyl (C=O) groups excluding carboxylic acids is 2. The van der Waals surface area contributed by atoms with Crippen LogP contribution in [0.2, 0.25) is 0 Å². The average molecular weight is 456 g/mol. The molecule has 4 atom stereocenters. The molecule has 31 heavy (non-hydrogen) atoms. The van der Waals surface area contributed by atoms with Crippen LogP contribution in [0.25, 0.3) is 0 Å². The van der Waals surface area contributed by atoms with Crippen LogP contribution in [0.4, 0.5) is 20.6 Å². The SMILES string of the molecule is CC(=O)[N@@H+]([O-])CC1CN(c2ccc(N3C[C@@H]4CN(S(C)(=O)=O)C[C@@H]4C3)c(F)c2)C(=O)O1. The van der Waals surface area contributed by atoms with Gasteiger partial charge in [-0.2, -0.15) is 0 Å². The number of hydroxylamine groups is 2. The fraction of sp³-hybridized carbons (Fsp3) is 0.579. The quantitative estimate of drug-likeness (QED) is 0.589. The molecule has 0 aliphatic carbocycles. The standard InChI is InChI=1S/C19H25FN4O6S/c1-12(25)24(27)11-16-10-23(19(26)30-16)15-3-4-18(17(20)5-15)21-6-13-8-22(31(2,28)29)9-14(13)7-21/h3-5,13-14,16,24H,6-11H2,1-2H3/t13-,14+,16?. The maximum absolute atomic E-state index is 14.9.